The summed E-state index contributed by atoms with van der Waals surface area (Å²) >= 11 is 0. The molecule has 1 unspecified atom stereocenters. The molecule has 1 aliphatic carbocycles. The van der Waals surface area contributed by atoms with Gasteiger partial charge >= 0.3 is 0 Å². The zero-order valence-electron chi connectivity index (χ0n) is 13.7. The fourth-order valence-corrected chi connectivity index (χ4v) is 2.93. The fourth-order valence-electron chi connectivity index (χ4n) is 2.93. The number of ether oxygens (including phenoxy) is 2. The minimum Gasteiger partial charge on any atom is -0.497 e. The Morgan fingerprint density at radius 3 is 2.67 bits per heavy atom. The van der Waals surface area contributed by atoms with Crippen LogP contribution in [0.25, 0.3) is 0 Å². The predicted octanol–water partition coefficient (Wildman–Crippen LogP) is 4.47. The molecule has 1 N–H and O–H groups in total. The molecule has 0 heterocycles. The van der Waals surface area contributed by atoms with Crippen molar-refractivity contribution in [1.29, 1.82) is 0 Å². The van der Waals surface area contributed by atoms with Crippen molar-refractivity contribution in [2.24, 2.45) is 0 Å². The Hall–Kier alpha value is -1.22. The van der Waals surface area contributed by atoms with Crippen LogP contribution < -0.4 is 14.8 Å². The molecular formula is C18H29NO2. The molecule has 1 fully saturated rings. The summed E-state index contributed by atoms with van der Waals surface area (Å²) in [6.07, 6.45) is 7.77. The Balaban J connectivity index is 2.13. The first-order valence-electron chi connectivity index (χ1n) is 8.32. The van der Waals surface area contributed by atoms with Crippen LogP contribution in [-0.2, 0) is 0 Å². The van der Waals surface area contributed by atoms with Crippen LogP contribution in [0.1, 0.15) is 64.0 Å². The third kappa shape index (κ3) is 4.63. The average molecular weight is 291 g/mol. The molecule has 2 rings (SSSR count). The van der Waals surface area contributed by atoms with Gasteiger partial charge in [-0.05, 0) is 51.6 Å². The van der Waals surface area contributed by atoms with Crippen LogP contribution in [-0.4, -0.2) is 19.8 Å². The third-order valence-electron chi connectivity index (χ3n) is 4.23. The highest BCUT2D eigenvalue weighted by Crippen LogP contribution is 2.32. The van der Waals surface area contributed by atoms with Crippen LogP contribution >= 0.6 is 0 Å². The van der Waals surface area contributed by atoms with E-state index in [1.165, 1.54) is 37.7 Å². The van der Waals surface area contributed by atoms with Gasteiger partial charge in [-0.25, -0.2) is 0 Å². The molecular weight excluding hydrogens is 262 g/mol. The lowest BCUT2D eigenvalue weighted by atomic mass is 9.97. The van der Waals surface area contributed by atoms with Gasteiger partial charge < -0.3 is 14.8 Å². The van der Waals surface area contributed by atoms with E-state index < -0.39 is 0 Å². The largest absolute Gasteiger partial charge is 0.497 e. The highest BCUT2D eigenvalue weighted by molar-refractivity contribution is 5.42. The van der Waals surface area contributed by atoms with E-state index in [0.717, 1.165) is 24.5 Å². The molecule has 21 heavy (non-hydrogen) atoms. The van der Waals surface area contributed by atoms with Crippen molar-refractivity contribution in [2.75, 3.05) is 13.7 Å². The predicted molar refractivity (Wildman–Crippen MR) is 87.2 cm³/mol. The summed E-state index contributed by atoms with van der Waals surface area (Å²) in [5.41, 5.74) is 1.23. The van der Waals surface area contributed by atoms with Crippen molar-refractivity contribution >= 4 is 0 Å². The van der Waals surface area contributed by atoms with E-state index in [9.17, 15) is 0 Å². The maximum Gasteiger partial charge on any atom is 0.128 e. The van der Waals surface area contributed by atoms with E-state index in [0.29, 0.717) is 12.1 Å². The van der Waals surface area contributed by atoms with Crippen LogP contribution in [0.3, 0.4) is 0 Å². The van der Waals surface area contributed by atoms with Gasteiger partial charge in [0.1, 0.15) is 11.5 Å². The first kappa shape index (κ1) is 16.2. The van der Waals surface area contributed by atoms with E-state index >= 15 is 0 Å². The molecule has 0 spiro atoms. The van der Waals surface area contributed by atoms with Gasteiger partial charge in [-0.15, -0.1) is 0 Å². The number of rotatable bonds is 7. The number of nitrogens with one attached hydrogen (secondary N) is 1. The van der Waals surface area contributed by atoms with Gasteiger partial charge in [0.25, 0.3) is 0 Å². The maximum absolute atomic E-state index is 6.31. The molecule has 0 radical (unpaired) electrons. The molecule has 118 valence electrons. The molecule has 1 aromatic rings. The van der Waals surface area contributed by atoms with Crippen molar-refractivity contribution in [1.82, 2.24) is 5.32 Å². The number of hydrogen-bond donors (Lipinski definition) is 1. The summed E-state index contributed by atoms with van der Waals surface area (Å²) in [5, 5.41) is 3.54. The molecule has 1 aliphatic rings. The Labute approximate surface area is 129 Å². The SMILES string of the molecule is CCCNC(C)c1ccc(OC)cc1OC1CCCCC1. The van der Waals surface area contributed by atoms with Crippen molar-refractivity contribution < 1.29 is 9.47 Å². The fraction of sp³-hybridized carbons (Fsp3) is 0.667. The van der Waals surface area contributed by atoms with Crippen molar-refractivity contribution in [3.63, 3.8) is 0 Å². The van der Waals surface area contributed by atoms with Gasteiger partial charge in [-0.3, -0.25) is 0 Å². The van der Waals surface area contributed by atoms with E-state index in [1.807, 2.05) is 12.1 Å². The van der Waals surface area contributed by atoms with Gasteiger partial charge in [0.15, 0.2) is 0 Å². The molecule has 0 bridgehead atoms. The highest BCUT2D eigenvalue weighted by atomic mass is 16.5. The summed E-state index contributed by atoms with van der Waals surface area (Å²) in [7, 11) is 1.71. The maximum atomic E-state index is 6.31. The average Bonchev–Trinajstić information content (AvgIpc) is 2.53. The normalized spacial score (nSPS) is 17.5. The van der Waals surface area contributed by atoms with E-state index in [4.69, 9.17) is 9.47 Å². The minimum absolute atomic E-state index is 0.300. The molecule has 0 aromatic heterocycles. The first-order valence-corrected chi connectivity index (χ1v) is 8.32. The standard InChI is InChI=1S/C18H29NO2/c1-4-12-19-14(2)17-11-10-16(20-3)13-18(17)21-15-8-6-5-7-9-15/h10-11,13-15,19H,4-9,12H2,1-3H3. The molecule has 0 aliphatic heterocycles. The van der Waals surface area contributed by atoms with Crippen LogP contribution in [0.5, 0.6) is 11.5 Å². The monoisotopic (exact) mass is 291 g/mol. The van der Waals surface area contributed by atoms with Crippen LogP contribution in [0.4, 0.5) is 0 Å². The summed E-state index contributed by atoms with van der Waals surface area (Å²) in [6, 6.07) is 6.49. The second-order valence-electron chi connectivity index (χ2n) is 5.96. The Bertz CT molecular complexity index is 427. The Kier molecular flexibility index (Phi) is 6.37. The van der Waals surface area contributed by atoms with Gasteiger partial charge in [-0.1, -0.05) is 19.4 Å². The van der Waals surface area contributed by atoms with Gasteiger partial charge in [0, 0.05) is 17.7 Å². The smallest absolute Gasteiger partial charge is 0.128 e. The first-order chi connectivity index (χ1) is 10.2. The molecule has 1 saturated carbocycles. The molecule has 0 amide bonds. The van der Waals surface area contributed by atoms with Gasteiger partial charge in [0.05, 0.1) is 13.2 Å². The topological polar surface area (TPSA) is 30.5 Å². The summed E-state index contributed by atoms with van der Waals surface area (Å²) in [4.78, 5) is 0. The summed E-state index contributed by atoms with van der Waals surface area (Å²) < 4.78 is 11.7. The zero-order chi connectivity index (χ0) is 15.1. The molecule has 3 heteroatoms. The number of methoxy groups -OCH3 is 1. The second-order valence-corrected chi connectivity index (χ2v) is 5.96. The Morgan fingerprint density at radius 1 is 1.24 bits per heavy atom. The zero-order valence-corrected chi connectivity index (χ0v) is 13.7. The van der Waals surface area contributed by atoms with Gasteiger partial charge in [0.2, 0.25) is 0 Å². The van der Waals surface area contributed by atoms with Gasteiger partial charge in [-0.2, -0.15) is 0 Å². The van der Waals surface area contributed by atoms with E-state index in [-0.39, 0.29) is 0 Å². The third-order valence-corrected chi connectivity index (χ3v) is 4.23. The molecule has 3 nitrogen and oxygen atoms in total. The Morgan fingerprint density at radius 2 is 2.00 bits per heavy atom. The van der Waals surface area contributed by atoms with E-state index in [1.54, 1.807) is 7.11 Å². The highest BCUT2D eigenvalue weighted by Gasteiger charge is 2.19. The van der Waals surface area contributed by atoms with Crippen LogP contribution in [0.15, 0.2) is 18.2 Å². The lowest BCUT2D eigenvalue weighted by Gasteiger charge is -2.26. The lowest BCUT2D eigenvalue weighted by Crippen LogP contribution is -2.23. The molecule has 1 aromatic carbocycles. The van der Waals surface area contributed by atoms with Crippen LogP contribution in [0.2, 0.25) is 0 Å². The van der Waals surface area contributed by atoms with Crippen molar-refractivity contribution in [2.45, 2.75) is 64.5 Å². The minimum atomic E-state index is 0.300. The number of benzene rings is 1. The molecule has 1 atom stereocenters. The summed E-state index contributed by atoms with van der Waals surface area (Å²) in [5.74, 6) is 1.85. The summed E-state index contributed by atoms with van der Waals surface area (Å²) in [6.45, 7) is 5.41. The van der Waals surface area contributed by atoms with E-state index in [2.05, 4.69) is 25.2 Å². The van der Waals surface area contributed by atoms with Crippen molar-refractivity contribution in [3.05, 3.63) is 23.8 Å². The van der Waals surface area contributed by atoms with Crippen molar-refractivity contribution in [3.8, 4) is 11.5 Å². The lowest BCUT2D eigenvalue weighted by molar-refractivity contribution is 0.152. The second kappa shape index (κ2) is 8.28. The van der Waals surface area contributed by atoms with Crippen LogP contribution in [0, 0.1) is 0 Å². The number of hydrogen-bond acceptors (Lipinski definition) is 3. The molecule has 0 saturated heterocycles. The quantitative estimate of drug-likeness (QED) is 0.804.